The van der Waals surface area contributed by atoms with Crippen LogP contribution >= 0.6 is 23.2 Å². The van der Waals surface area contributed by atoms with Crippen molar-refractivity contribution < 1.29 is 17.9 Å². The number of nitrogens with one attached hydrogen (secondary N) is 2. The molecule has 6 nitrogen and oxygen atoms in total. The van der Waals surface area contributed by atoms with Gasteiger partial charge in [0, 0.05) is 10.0 Å². The van der Waals surface area contributed by atoms with Crippen LogP contribution in [-0.4, -0.2) is 19.9 Å². The molecule has 0 radical (unpaired) electrons. The van der Waals surface area contributed by atoms with E-state index in [0.29, 0.717) is 15.8 Å². The van der Waals surface area contributed by atoms with Crippen molar-refractivity contribution in [2.75, 3.05) is 0 Å². The Morgan fingerprint density at radius 1 is 1.08 bits per heavy atom. The van der Waals surface area contributed by atoms with Crippen LogP contribution in [0.3, 0.4) is 0 Å². The van der Waals surface area contributed by atoms with Gasteiger partial charge in [-0.3, -0.25) is 10.2 Å². The molecular weight excluding hydrogens is 399 g/mol. The molecule has 0 fully saturated rings. The lowest BCUT2D eigenvalue weighted by Crippen LogP contribution is -2.52. The number of hydrogen-bond donors (Lipinski definition) is 2. The lowest BCUT2D eigenvalue weighted by Gasteiger charge is -2.25. The molecule has 2 N–H and O–H groups in total. The number of carbonyl (C=O) groups is 1. The van der Waals surface area contributed by atoms with Crippen LogP contribution in [0.25, 0.3) is 0 Å². The predicted octanol–water partition coefficient (Wildman–Crippen LogP) is 3.47. The second-order valence-electron chi connectivity index (χ2n) is 6.04. The standard InChI is InChI=1S/C17H18Cl2N2O4S/c1-11-10-13(6-9-15(11)19)25-17(2,3)16(22)20-21-26(23,24)14-7-4-12(18)5-8-14/h4-10,21H,1-3H3,(H,20,22). The van der Waals surface area contributed by atoms with E-state index in [-0.39, 0.29) is 4.90 Å². The Balaban J connectivity index is 2.05. The van der Waals surface area contributed by atoms with Crippen molar-refractivity contribution in [2.45, 2.75) is 31.3 Å². The molecule has 140 valence electrons. The van der Waals surface area contributed by atoms with Gasteiger partial charge in [0.1, 0.15) is 5.75 Å². The van der Waals surface area contributed by atoms with Gasteiger partial charge >= 0.3 is 0 Å². The van der Waals surface area contributed by atoms with E-state index in [9.17, 15) is 13.2 Å². The summed E-state index contributed by atoms with van der Waals surface area (Å²) in [5, 5.41) is 0.983. The van der Waals surface area contributed by atoms with Gasteiger partial charge in [0.15, 0.2) is 5.60 Å². The van der Waals surface area contributed by atoms with E-state index in [2.05, 4.69) is 5.43 Å². The molecule has 0 aliphatic heterocycles. The largest absolute Gasteiger partial charge is 0.478 e. The van der Waals surface area contributed by atoms with Crippen LogP contribution in [0.1, 0.15) is 19.4 Å². The van der Waals surface area contributed by atoms with Gasteiger partial charge in [-0.25, -0.2) is 8.42 Å². The van der Waals surface area contributed by atoms with Crippen LogP contribution in [-0.2, 0) is 14.8 Å². The third-order valence-corrected chi connectivity index (χ3v) is 5.41. The van der Waals surface area contributed by atoms with Crippen molar-refractivity contribution in [1.82, 2.24) is 10.3 Å². The van der Waals surface area contributed by atoms with Crippen LogP contribution in [0.4, 0.5) is 0 Å². The maximum Gasteiger partial charge on any atom is 0.278 e. The van der Waals surface area contributed by atoms with Crippen molar-refractivity contribution in [1.29, 1.82) is 0 Å². The van der Waals surface area contributed by atoms with E-state index in [1.807, 2.05) is 11.8 Å². The van der Waals surface area contributed by atoms with E-state index in [0.717, 1.165) is 5.56 Å². The Hall–Kier alpha value is -1.80. The number of hydrogen-bond acceptors (Lipinski definition) is 4. The second kappa shape index (κ2) is 7.84. The Kier molecular flexibility index (Phi) is 6.18. The minimum atomic E-state index is -3.93. The Morgan fingerprint density at radius 2 is 1.69 bits per heavy atom. The number of sulfonamides is 1. The maximum atomic E-state index is 12.3. The predicted molar refractivity (Wildman–Crippen MR) is 101 cm³/mol. The molecule has 2 aromatic carbocycles. The first kappa shape index (κ1) is 20.5. The molecule has 0 spiro atoms. The fourth-order valence-electron chi connectivity index (χ4n) is 1.96. The topological polar surface area (TPSA) is 84.5 Å². The number of carbonyl (C=O) groups excluding carboxylic acids is 1. The summed E-state index contributed by atoms with van der Waals surface area (Å²) in [6, 6.07) is 10.5. The molecule has 1 amide bonds. The fraction of sp³-hybridized carbons (Fsp3) is 0.235. The Bertz CT molecular complexity index is 913. The highest BCUT2D eigenvalue weighted by Crippen LogP contribution is 2.24. The number of aryl methyl sites for hydroxylation is 1. The average molecular weight is 417 g/mol. The summed E-state index contributed by atoms with van der Waals surface area (Å²) >= 11 is 11.7. The third kappa shape index (κ3) is 5.11. The van der Waals surface area contributed by atoms with Crippen LogP contribution in [0.5, 0.6) is 5.75 Å². The van der Waals surface area contributed by atoms with Crippen molar-refractivity contribution in [3.05, 3.63) is 58.1 Å². The monoisotopic (exact) mass is 416 g/mol. The zero-order valence-corrected chi connectivity index (χ0v) is 16.7. The van der Waals surface area contributed by atoms with Crippen LogP contribution in [0.2, 0.25) is 10.0 Å². The molecular formula is C17H18Cl2N2O4S. The van der Waals surface area contributed by atoms with E-state index in [1.54, 1.807) is 18.2 Å². The first-order valence-electron chi connectivity index (χ1n) is 7.54. The highest BCUT2D eigenvalue weighted by molar-refractivity contribution is 7.89. The highest BCUT2D eigenvalue weighted by Gasteiger charge is 2.31. The molecule has 2 rings (SSSR count). The lowest BCUT2D eigenvalue weighted by molar-refractivity contribution is -0.134. The molecule has 0 aliphatic carbocycles. The molecule has 0 unspecified atom stereocenters. The minimum absolute atomic E-state index is 0.0331. The Labute approximate surface area is 162 Å². The van der Waals surface area contributed by atoms with Crippen molar-refractivity contribution in [2.24, 2.45) is 0 Å². The number of hydrazine groups is 1. The molecule has 0 saturated heterocycles. The number of ether oxygens (including phenoxy) is 1. The van der Waals surface area contributed by atoms with Gasteiger partial charge in [0.25, 0.3) is 15.9 Å². The molecule has 0 aromatic heterocycles. The molecule has 2 aromatic rings. The van der Waals surface area contributed by atoms with Crippen LogP contribution in [0.15, 0.2) is 47.4 Å². The van der Waals surface area contributed by atoms with Gasteiger partial charge in [-0.2, -0.15) is 0 Å². The third-order valence-electron chi connectivity index (χ3n) is 3.47. The Morgan fingerprint density at radius 3 is 2.27 bits per heavy atom. The fourth-order valence-corrected chi connectivity index (χ4v) is 3.04. The van der Waals surface area contributed by atoms with E-state index in [1.165, 1.54) is 38.1 Å². The first-order valence-corrected chi connectivity index (χ1v) is 9.78. The SMILES string of the molecule is Cc1cc(OC(C)(C)C(=O)NNS(=O)(=O)c2ccc(Cl)cc2)ccc1Cl. The zero-order chi connectivity index (χ0) is 19.5. The number of amides is 1. The number of rotatable bonds is 6. The summed E-state index contributed by atoms with van der Waals surface area (Å²) < 4.78 is 30.0. The van der Waals surface area contributed by atoms with E-state index >= 15 is 0 Å². The maximum absolute atomic E-state index is 12.3. The highest BCUT2D eigenvalue weighted by atomic mass is 35.5. The molecule has 0 heterocycles. The molecule has 26 heavy (non-hydrogen) atoms. The average Bonchev–Trinajstić information content (AvgIpc) is 2.56. The summed E-state index contributed by atoms with van der Waals surface area (Å²) in [7, 11) is -3.93. The van der Waals surface area contributed by atoms with E-state index in [4.69, 9.17) is 27.9 Å². The van der Waals surface area contributed by atoms with Gasteiger partial charge in [-0.15, -0.1) is 4.83 Å². The van der Waals surface area contributed by atoms with Gasteiger partial charge in [0.2, 0.25) is 0 Å². The molecule has 0 saturated carbocycles. The quantitative estimate of drug-likeness (QED) is 0.705. The molecule has 9 heteroatoms. The number of halogens is 2. The molecule has 0 atom stereocenters. The normalized spacial score (nSPS) is 11.9. The van der Waals surface area contributed by atoms with E-state index < -0.39 is 21.5 Å². The summed E-state index contributed by atoms with van der Waals surface area (Å²) in [4.78, 5) is 14.3. The summed E-state index contributed by atoms with van der Waals surface area (Å²) in [5.74, 6) is -0.227. The van der Waals surface area contributed by atoms with Crippen LogP contribution in [0, 0.1) is 6.92 Å². The van der Waals surface area contributed by atoms with Gasteiger partial charge in [-0.05, 0) is 68.8 Å². The summed E-state index contributed by atoms with van der Waals surface area (Å²) in [5.41, 5.74) is 1.63. The minimum Gasteiger partial charge on any atom is -0.478 e. The summed E-state index contributed by atoms with van der Waals surface area (Å²) in [6.07, 6.45) is 0. The van der Waals surface area contributed by atoms with Crippen molar-refractivity contribution >= 4 is 39.1 Å². The van der Waals surface area contributed by atoms with Crippen molar-refractivity contribution in [3.63, 3.8) is 0 Å². The van der Waals surface area contributed by atoms with Gasteiger partial charge < -0.3 is 4.74 Å². The number of benzene rings is 2. The zero-order valence-electron chi connectivity index (χ0n) is 14.3. The molecule has 0 bridgehead atoms. The van der Waals surface area contributed by atoms with Crippen LogP contribution < -0.4 is 15.0 Å². The second-order valence-corrected chi connectivity index (χ2v) is 8.56. The summed E-state index contributed by atoms with van der Waals surface area (Å²) in [6.45, 7) is 4.84. The van der Waals surface area contributed by atoms with Crippen molar-refractivity contribution in [3.8, 4) is 5.75 Å². The van der Waals surface area contributed by atoms with Gasteiger partial charge in [0.05, 0.1) is 4.90 Å². The first-order chi connectivity index (χ1) is 12.0. The smallest absolute Gasteiger partial charge is 0.278 e. The molecule has 0 aliphatic rings. The van der Waals surface area contributed by atoms with Gasteiger partial charge in [-0.1, -0.05) is 23.2 Å². The lowest BCUT2D eigenvalue weighted by atomic mass is 10.1.